The highest BCUT2D eigenvalue weighted by Gasteiger charge is 2.56. The van der Waals surface area contributed by atoms with Gasteiger partial charge in [-0.15, -0.1) is 0 Å². The van der Waals surface area contributed by atoms with Crippen molar-refractivity contribution in [2.75, 3.05) is 19.8 Å². The van der Waals surface area contributed by atoms with E-state index in [2.05, 4.69) is 6.92 Å². The van der Waals surface area contributed by atoms with Crippen LogP contribution in [-0.2, 0) is 14.2 Å². The van der Waals surface area contributed by atoms with Crippen LogP contribution in [0.5, 0.6) is 0 Å². The minimum absolute atomic E-state index is 0.436. The molecule has 0 aliphatic carbocycles. The fraction of sp³-hybridized carbons (Fsp3) is 1.00. The predicted molar refractivity (Wildman–Crippen MR) is 51.8 cm³/mol. The van der Waals surface area contributed by atoms with Crippen molar-refractivity contribution in [1.82, 2.24) is 0 Å². The smallest absolute Gasteiger partial charge is 0.220 e. The Morgan fingerprint density at radius 3 is 2.79 bits per heavy atom. The van der Waals surface area contributed by atoms with E-state index in [0.29, 0.717) is 26.2 Å². The third kappa shape index (κ3) is 3.53. The summed E-state index contributed by atoms with van der Waals surface area (Å²) in [6.45, 7) is 5.74. The summed E-state index contributed by atoms with van der Waals surface area (Å²) in [6.07, 6.45) is 2.23. The third-order valence-corrected chi connectivity index (χ3v) is 2.21. The number of rotatable bonds is 8. The van der Waals surface area contributed by atoms with Crippen LogP contribution >= 0.6 is 0 Å². The van der Waals surface area contributed by atoms with Gasteiger partial charge in [-0.3, -0.25) is 0 Å². The fourth-order valence-corrected chi connectivity index (χ4v) is 1.28. The van der Waals surface area contributed by atoms with Gasteiger partial charge in [0.2, 0.25) is 12.1 Å². The van der Waals surface area contributed by atoms with Crippen LogP contribution < -0.4 is 0 Å². The van der Waals surface area contributed by atoms with Gasteiger partial charge in [0.05, 0.1) is 13.2 Å². The van der Waals surface area contributed by atoms with Crippen LogP contribution in [0.1, 0.15) is 33.1 Å². The molecule has 14 heavy (non-hydrogen) atoms. The van der Waals surface area contributed by atoms with E-state index in [9.17, 15) is 5.11 Å². The SMILES string of the molecule is CCCCC1(O)OC1OCCOCC. The number of ether oxygens (including phenoxy) is 3. The number of hydrogen-bond donors (Lipinski definition) is 1. The van der Waals surface area contributed by atoms with Gasteiger partial charge >= 0.3 is 0 Å². The van der Waals surface area contributed by atoms with Crippen molar-refractivity contribution < 1.29 is 19.3 Å². The molecule has 0 aromatic rings. The largest absolute Gasteiger partial charge is 0.379 e. The Bertz CT molecular complexity index is 162. The quantitative estimate of drug-likeness (QED) is 0.478. The molecule has 0 saturated carbocycles. The van der Waals surface area contributed by atoms with Gasteiger partial charge in [-0.2, -0.15) is 0 Å². The molecule has 4 nitrogen and oxygen atoms in total. The highest BCUT2D eigenvalue weighted by Crippen LogP contribution is 2.38. The number of aliphatic hydroxyl groups is 1. The lowest BCUT2D eigenvalue weighted by atomic mass is 10.2. The van der Waals surface area contributed by atoms with Crippen LogP contribution in [0.2, 0.25) is 0 Å². The number of unbranched alkanes of at least 4 members (excludes halogenated alkanes) is 1. The summed E-state index contributed by atoms with van der Waals surface area (Å²) in [5.74, 6) is -1.01. The molecule has 1 aliphatic rings. The average molecular weight is 204 g/mol. The molecule has 0 amide bonds. The monoisotopic (exact) mass is 204 g/mol. The lowest BCUT2D eigenvalue weighted by molar-refractivity contribution is 0.000170. The van der Waals surface area contributed by atoms with E-state index in [4.69, 9.17) is 14.2 Å². The molecule has 0 radical (unpaired) electrons. The summed E-state index contributed by atoms with van der Waals surface area (Å²) >= 11 is 0. The van der Waals surface area contributed by atoms with Gasteiger partial charge in [0.1, 0.15) is 0 Å². The van der Waals surface area contributed by atoms with E-state index in [1.54, 1.807) is 0 Å². The Morgan fingerprint density at radius 2 is 2.14 bits per heavy atom. The predicted octanol–water partition coefficient (Wildman–Crippen LogP) is 1.27. The molecule has 2 unspecified atom stereocenters. The lowest BCUT2D eigenvalue weighted by Crippen LogP contribution is -2.17. The molecule has 1 fully saturated rings. The van der Waals surface area contributed by atoms with E-state index in [1.807, 2.05) is 6.92 Å². The highest BCUT2D eigenvalue weighted by atomic mass is 16.9. The van der Waals surface area contributed by atoms with Gasteiger partial charge in [-0.25, -0.2) is 0 Å². The summed E-state index contributed by atoms with van der Waals surface area (Å²) in [4.78, 5) is 0. The second-order valence-electron chi connectivity index (χ2n) is 3.47. The van der Waals surface area contributed by atoms with Crippen molar-refractivity contribution in [1.29, 1.82) is 0 Å². The van der Waals surface area contributed by atoms with Crippen LogP contribution in [0.3, 0.4) is 0 Å². The number of epoxide rings is 1. The summed E-state index contributed by atoms with van der Waals surface area (Å²) in [5, 5.41) is 9.69. The molecule has 1 N–H and O–H groups in total. The summed E-state index contributed by atoms with van der Waals surface area (Å²) in [7, 11) is 0. The van der Waals surface area contributed by atoms with Crippen LogP contribution in [-0.4, -0.2) is 37.0 Å². The van der Waals surface area contributed by atoms with Crippen molar-refractivity contribution in [3.8, 4) is 0 Å². The second-order valence-corrected chi connectivity index (χ2v) is 3.47. The maximum absolute atomic E-state index is 9.69. The maximum Gasteiger partial charge on any atom is 0.220 e. The van der Waals surface area contributed by atoms with E-state index in [-0.39, 0.29) is 0 Å². The maximum atomic E-state index is 9.69. The Balaban J connectivity index is 2.00. The Hall–Kier alpha value is -0.160. The standard InChI is InChI=1S/C10H20O4/c1-3-5-6-10(11)9(14-10)13-8-7-12-4-2/h9,11H,3-8H2,1-2H3. The van der Waals surface area contributed by atoms with Crippen molar-refractivity contribution >= 4 is 0 Å². The van der Waals surface area contributed by atoms with E-state index < -0.39 is 12.1 Å². The minimum atomic E-state index is -1.01. The van der Waals surface area contributed by atoms with Crippen molar-refractivity contribution in [3.63, 3.8) is 0 Å². The van der Waals surface area contributed by atoms with Crippen molar-refractivity contribution in [2.24, 2.45) is 0 Å². The summed E-state index contributed by atoms with van der Waals surface area (Å²) in [5.41, 5.74) is 0. The molecule has 1 heterocycles. The zero-order valence-electron chi connectivity index (χ0n) is 8.99. The Morgan fingerprint density at radius 1 is 1.36 bits per heavy atom. The first-order chi connectivity index (χ1) is 6.73. The lowest BCUT2D eigenvalue weighted by Gasteiger charge is -2.04. The summed E-state index contributed by atoms with van der Waals surface area (Å²) in [6, 6.07) is 0. The van der Waals surface area contributed by atoms with Crippen LogP contribution in [0.25, 0.3) is 0 Å². The van der Waals surface area contributed by atoms with E-state index in [1.165, 1.54) is 0 Å². The van der Waals surface area contributed by atoms with Crippen molar-refractivity contribution in [2.45, 2.75) is 45.2 Å². The second kappa shape index (κ2) is 5.66. The molecule has 0 aromatic carbocycles. The topological polar surface area (TPSA) is 51.2 Å². The molecule has 0 spiro atoms. The average Bonchev–Trinajstić information content (AvgIpc) is 2.82. The normalized spacial score (nSPS) is 30.6. The molecular weight excluding hydrogens is 184 g/mol. The molecule has 84 valence electrons. The first-order valence-electron chi connectivity index (χ1n) is 5.32. The first-order valence-corrected chi connectivity index (χ1v) is 5.32. The third-order valence-electron chi connectivity index (χ3n) is 2.21. The molecular formula is C10H20O4. The zero-order chi connectivity index (χ0) is 10.4. The van der Waals surface area contributed by atoms with Gasteiger partial charge in [0, 0.05) is 13.0 Å². The molecule has 1 rings (SSSR count). The van der Waals surface area contributed by atoms with Gasteiger partial charge in [0.15, 0.2) is 0 Å². The van der Waals surface area contributed by atoms with Gasteiger partial charge < -0.3 is 19.3 Å². The van der Waals surface area contributed by atoms with Gasteiger partial charge in [-0.05, 0) is 13.3 Å². The fourth-order valence-electron chi connectivity index (χ4n) is 1.28. The first kappa shape index (κ1) is 11.9. The van der Waals surface area contributed by atoms with Crippen LogP contribution in [0.4, 0.5) is 0 Å². The van der Waals surface area contributed by atoms with Crippen molar-refractivity contribution in [3.05, 3.63) is 0 Å². The molecule has 0 aromatic heterocycles. The summed E-state index contributed by atoms with van der Waals surface area (Å²) < 4.78 is 15.4. The van der Waals surface area contributed by atoms with E-state index >= 15 is 0 Å². The minimum Gasteiger partial charge on any atom is -0.379 e. The highest BCUT2D eigenvalue weighted by molar-refractivity contribution is 4.85. The molecule has 0 bridgehead atoms. The van der Waals surface area contributed by atoms with Crippen LogP contribution in [0.15, 0.2) is 0 Å². The van der Waals surface area contributed by atoms with E-state index in [0.717, 1.165) is 12.8 Å². The molecule has 1 saturated heterocycles. The Labute approximate surface area is 85.2 Å². The Kier molecular flexibility index (Phi) is 4.81. The zero-order valence-corrected chi connectivity index (χ0v) is 8.99. The van der Waals surface area contributed by atoms with Gasteiger partial charge in [-0.1, -0.05) is 13.3 Å². The number of hydrogen-bond acceptors (Lipinski definition) is 4. The molecule has 2 atom stereocenters. The van der Waals surface area contributed by atoms with Gasteiger partial charge in [0.25, 0.3) is 0 Å². The molecule has 1 aliphatic heterocycles. The molecule has 4 heteroatoms. The van der Waals surface area contributed by atoms with Crippen LogP contribution in [0, 0.1) is 0 Å².